The zero-order chi connectivity index (χ0) is 20.7. The van der Waals surface area contributed by atoms with E-state index in [0.717, 1.165) is 11.6 Å². The molecule has 4 aromatic rings. The molecule has 0 saturated heterocycles. The second kappa shape index (κ2) is 6.94. The predicted molar refractivity (Wildman–Crippen MR) is 111 cm³/mol. The van der Waals surface area contributed by atoms with Crippen LogP contribution in [0.25, 0.3) is 16.7 Å². The summed E-state index contributed by atoms with van der Waals surface area (Å²) in [5.74, 6) is -0.809. The van der Waals surface area contributed by atoms with E-state index in [2.05, 4.69) is 5.32 Å². The van der Waals surface area contributed by atoms with Crippen molar-refractivity contribution in [3.63, 3.8) is 0 Å². The van der Waals surface area contributed by atoms with Crippen molar-refractivity contribution in [1.29, 1.82) is 0 Å². The van der Waals surface area contributed by atoms with Gasteiger partial charge in [0.15, 0.2) is 11.2 Å². The number of rotatable bonds is 3. The van der Waals surface area contributed by atoms with Gasteiger partial charge in [-0.3, -0.25) is 19.1 Å². The molecule has 0 spiro atoms. The number of aromatic nitrogens is 2. The van der Waals surface area contributed by atoms with Crippen molar-refractivity contribution in [3.05, 3.63) is 92.2 Å². The Morgan fingerprint density at radius 2 is 1.72 bits per heavy atom. The Morgan fingerprint density at radius 1 is 1.00 bits per heavy atom. The lowest BCUT2D eigenvalue weighted by molar-refractivity contribution is 0.0997. The van der Waals surface area contributed by atoms with Gasteiger partial charge < -0.3 is 9.73 Å². The van der Waals surface area contributed by atoms with E-state index in [0.29, 0.717) is 22.4 Å². The summed E-state index contributed by atoms with van der Waals surface area (Å²) in [4.78, 5) is 38.0. The number of amides is 1. The largest absolute Gasteiger partial charge is 0.451 e. The summed E-state index contributed by atoms with van der Waals surface area (Å²) in [6.45, 7) is 3.60. The lowest BCUT2D eigenvalue weighted by Crippen LogP contribution is -2.23. The third-order valence-corrected chi connectivity index (χ3v) is 4.90. The van der Waals surface area contributed by atoms with E-state index in [1.54, 1.807) is 49.0 Å². The highest BCUT2D eigenvalue weighted by atomic mass is 16.3. The second-order valence-corrected chi connectivity index (χ2v) is 6.87. The van der Waals surface area contributed by atoms with Crippen LogP contribution in [0.15, 0.2) is 68.6 Å². The predicted octanol–water partition coefficient (Wildman–Crippen LogP) is 3.15. The number of anilines is 1. The molecule has 0 atom stereocenters. The number of nitrogens with zero attached hydrogens (tertiary/aromatic N) is 2. The maximum absolute atomic E-state index is 12.9. The first-order valence-electron chi connectivity index (χ1n) is 9.06. The van der Waals surface area contributed by atoms with Gasteiger partial charge >= 0.3 is 0 Å². The fraction of sp³-hybridized carbons (Fsp3) is 0.136. The smallest absolute Gasteiger partial charge is 0.295 e. The molecule has 0 aliphatic carbocycles. The highest BCUT2D eigenvalue weighted by Crippen LogP contribution is 2.17. The molecule has 29 heavy (non-hydrogen) atoms. The van der Waals surface area contributed by atoms with E-state index in [-0.39, 0.29) is 22.4 Å². The molecule has 2 aromatic heterocycles. The van der Waals surface area contributed by atoms with Gasteiger partial charge in [-0.2, -0.15) is 0 Å². The molecule has 0 saturated carbocycles. The van der Waals surface area contributed by atoms with Gasteiger partial charge in [-0.1, -0.05) is 29.8 Å². The van der Waals surface area contributed by atoms with Crippen molar-refractivity contribution in [1.82, 2.24) is 9.36 Å². The van der Waals surface area contributed by atoms with Gasteiger partial charge in [0.2, 0.25) is 0 Å². The van der Waals surface area contributed by atoms with Gasteiger partial charge in [0.25, 0.3) is 11.5 Å². The number of fused-ring (bicyclic) bond motifs is 1. The molecule has 0 aliphatic heterocycles. The molecular weight excluding hydrogens is 370 g/mol. The highest BCUT2D eigenvalue weighted by molar-refractivity contribution is 6.03. The molecule has 0 bridgehead atoms. The number of carbonyl (C=O) groups is 1. The molecular formula is C22H19N3O4. The Balaban J connectivity index is 1.75. The van der Waals surface area contributed by atoms with E-state index in [4.69, 9.17) is 4.42 Å². The zero-order valence-corrected chi connectivity index (χ0v) is 16.2. The lowest BCUT2D eigenvalue weighted by atomic mass is 10.1. The summed E-state index contributed by atoms with van der Waals surface area (Å²) in [7, 11) is 1.73. The number of hydrogen-bond acceptors (Lipinski definition) is 4. The number of benzene rings is 2. The normalized spacial score (nSPS) is 11.0. The van der Waals surface area contributed by atoms with Crippen LogP contribution in [-0.4, -0.2) is 15.3 Å². The van der Waals surface area contributed by atoms with Crippen molar-refractivity contribution in [2.24, 2.45) is 7.05 Å². The molecule has 146 valence electrons. The Kier molecular flexibility index (Phi) is 4.43. The van der Waals surface area contributed by atoms with Crippen LogP contribution >= 0.6 is 0 Å². The molecule has 2 heterocycles. The highest BCUT2D eigenvalue weighted by Gasteiger charge is 2.20. The Hall–Kier alpha value is -3.87. The first-order valence-corrected chi connectivity index (χ1v) is 9.06. The minimum absolute atomic E-state index is 0.132. The van der Waals surface area contributed by atoms with Gasteiger partial charge in [-0.05, 0) is 38.1 Å². The first kappa shape index (κ1) is 18.5. The van der Waals surface area contributed by atoms with Gasteiger partial charge in [-0.25, -0.2) is 4.68 Å². The van der Waals surface area contributed by atoms with Crippen LogP contribution in [0.5, 0.6) is 0 Å². The molecule has 0 aliphatic rings. The monoisotopic (exact) mass is 389 g/mol. The standard InChI is InChI=1S/C22H19N3O4/c1-13-9-10-18-16(11-13)17(26)12-19(29-18)21(27)23-20-14(2)24(3)25(22(20)28)15-7-5-4-6-8-15/h4-12H,1-3H3,(H,23,27). The third kappa shape index (κ3) is 3.16. The van der Waals surface area contributed by atoms with E-state index < -0.39 is 5.91 Å². The molecule has 7 heteroatoms. The van der Waals surface area contributed by atoms with E-state index in [1.807, 2.05) is 25.1 Å². The quantitative estimate of drug-likeness (QED) is 0.583. The lowest BCUT2D eigenvalue weighted by Gasteiger charge is -2.07. The topological polar surface area (TPSA) is 86.2 Å². The van der Waals surface area contributed by atoms with E-state index in [9.17, 15) is 14.4 Å². The Bertz CT molecular complexity index is 1360. The van der Waals surface area contributed by atoms with Crippen molar-refractivity contribution in [3.8, 4) is 5.69 Å². The number of hydrogen-bond donors (Lipinski definition) is 1. The summed E-state index contributed by atoms with van der Waals surface area (Å²) >= 11 is 0. The number of aryl methyl sites for hydroxylation is 1. The minimum atomic E-state index is -0.657. The number of para-hydroxylation sites is 1. The summed E-state index contributed by atoms with van der Waals surface area (Å²) in [6.07, 6.45) is 0. The molecule has 2 aromatic carbocycles. The SMILES string of the molecule is Cc1ccc2oc(C(=O)Nc3c(C)n(C)n(-c4ccccc4)c3=O)cc(=O)c2c1. The molecule has 0 radical (unpaired) electrons. The van der Waals surface area contributed by atoms with Gasteiger partial charge in [0.05, 0.1) is 16.8 Å². The van der Waals surface area contributed by atoms with Gasteiger partial charge in [-0.15, -0.1) is 0 Å². The second-order valence-electron chi connectivity index (χ2n) is 6.87. The van der Waals surface area contributed by atoms with Crippen LogP contribution in [0.2, 0.25) is 0 Å². The molecule has 7 nitrogen and oxygen atoms in total. The first-order chi connectivity index (χ1) is 13.9. The van der Waals surface area contributed by atoms with Gasteiger partial charge in [0.1, 0.15) is 11.3 Å². The fourth-order valence-electron chi connectivity index (χ4n) is 3.27. The van der Waals surface area contributed by atoms with Crippen LogP contribution in [0.3, 0.4) is 0 Å². The Labute approximate surface area is 165 Å². The third-order valence-electron chi connectivity index (χ3n) is 4.90. The van der Waals surface area contributed by atoms with Crippen molar-refractivity contribution in [2.45, 2.75) is 13.8 Å². The molecule has 1 N–H and O–H groups in total. The molecule has 4 rings (SSSR count). The zero-order valence-electron chi connectivity index (χ0n) is 16.2. The van der Waals surface area contributed by atoms with E-state index in [1.165, 1.54) is 4.68 Å². The summed E-state index contributed by atoms with van der Waals surface area (Å²) in [5.41, 5.74) is 1.94. The van der Waals surface area contributed by atoms with Crippen LogP contribution in [0.1, 0.15) is 21.8 Å². The summed E-state index contributed by atoms with van der Waals surface area (Å²) < 4.78 is 8.73. The molecule has 0 fully saturated rings. The average molecular weight is 389 g/mol. The molecule has 0 unspecified atom stereocenters. The van der Waals surface area contributed by atoms with Crippen LogP contribution < -0.4 is 16.3 Å². The van der Waals surface area contributed by atoms with Crippen LogP contribution in [-0.2, 0) is 7.05 Å². The number of nitrogens with one attached hydrogen (secondary N) is 1. The maximum atomic E-state index is 12.9. The van der Waals surface area contributed by atoms with Crippen LogP contribution in [0.4, 0.5) is 5.69 Å². The average Bonchev–Trinajstić information content (AvgIpc) is 2.92. The van der Waals surface area contributed by atoms with E-state index >= 15 is 0 Å². The summed E-state index contributed by atoms with van der Waals surface area (Å²) in [5, 5.41) is 3.01. The Morgan fingerprint density at radius 3 is 2.45 bits per heavy atom. The van der Waals surface area contributed by atoms with Crippen LogP contribution in [0, 0.1) is 13.8 Å². The van der Waals surface area contributed by atoms with Crippen molar-refractivity contribution < 1.29 is 9.21 Å². The summed E-state index contributed by atoms with van der Waals surface area (Å²) in [6, 6.07) is 15.4. The molecule has 1 amide bonds. The van der Waals surface area contributed by atoms with Crippen molar-refractivity contribution >= 4 is 22.6 Å². The maximum Gasteiger partial charge on any atom is 0.295 e. The fourth-order valence-corrected chi connectivity index (χ4v) is 3.27. The van der Waals surface area contributed by atoms with Gasteiger partial charge in [0, 0.05) is 13.1 Å². The van der Waals surface area contributed by atoms with Crippen molar-refractivity contribution in [2.75, 3.05) is 5.32 Å². The minimum Gasteiger partial charge on any atom is -0.451 e. The number of carbonyl (C=O) groups excluding carboxylic acids is 1.